The van der Waals surface area contributed by atoms with Gasteiger partial charge in [0.2, 0.25) is 11.6 Å². The molecule has 0 bridgehead atoms. The number of fused-ring (bicyclic) bond motifs is 1. The highest BCUT2D eigenvalue weighted by molar-refractivity contribution is 6.99. The van der Waals surface area contributed by atoms with Gasteiger partial charge in [-0.05, 0) is 13.0 Å². The van der Waals surface area contributed by atoms with Crippen molar-refractivity contribution < 1.29 is 9.59 Å². The van der Waals surface area contributed by atoms with Crippen molar-refractivity contribution in [2.45, 2.75) is 6.92 Å². The lowest BCUT2D eigenvalue weighted by Gasteiger charge is -2.03. The number of aromatic nitrogens is 2. The number of carbonyl (C=O) groups excluding carboxylic acids is 2. The Bertz CT molecular complexity index is 405. The Labute approximate surface area is 72.2 Å². The molecule has 2 rings (SSSR count). The second-order valence-electron chi connectivity index (χ2n) is 2.48. The van der Waals surface area contributed by atoms with Crippen LogP contribution >= 0.6 is 11.7 Å². The van der Waals surface area contributed by atoms with Gasteiger partial charge in [0.25, 0.3) is 0 Å². The van der Waals surface area contributed by atoms with Crippen molar-refractivity contribution >= 4 is 23.3 Å². The minimum atomic E-state index is -0.226. The minimum absolute atomic E-state index is 0.190. The van der Waals surface area contributed by atoms with Gasteiger partial charge in [-0.1, -0.05) is 0 Å². The SMILES string of the molecule is CC1=CC(=O)c2nsnc2C1=O. The number of nitrogens with zero attached hydrogens (tertiary/aromatic N) is 2. The summed E-state index contributed by atoms with van der Waals surface area (Å²) in [5.41, 5.74) is 0.820. The molecule has 0 fully saturated rings. The van der Waals surface area contributed by atoms with Gasteiger partial charge in [-0.2, -0.15) is 8.75 Å². The van der Waals surface area contributed by atoms with Crippen molar-refractivity contribution in [2.75, 3.05) is 0 Å². The fourth-order valence-corrected chi connectivity index (χ4v) is 1.57. The van der Waals surface area contributed by atoms with Gasteiger partial charge in [0.1, 0.15) is 0 Å². The molecule has 0 saturated heterocycles. The van der Waals surface area contributed by atoms with Crippen LogP contribution in [-0.4, -0.2) is 20.3 Å². The molecule has 0 radical (unpaired) electrons. The first-order chi connectivity index (χ1) is 5.70. The second kappa shape index (κ2) is 2.31. The third-order valence-corrected chi connectivity index (χ3v) is 2.17. The van der Waals surface area contributed by atoms with Gasteiger partial charge in [0, 0.05) is 5.57 Å². The first-order valence-corrected chi connectivity index (χ1v) is 4.03. The number of rotatable bonds is 0. The normalized spacial score (nSPS) is 15.9. The van der Waals surface area contributed by atoms with Crippen LogP contribution in [0.5, 0.6) is 0 Å². The van der Waals surface area contributed by atoms with Crippen molar-refractivity contribution in [1.82, 2.24) is 8.75 Å². The van der Waals surface area contributed by atoms with Crippen LogP contribution in [0.2, 0.25) is 0 Å². The van der Waals surface area contributed by atoms with E-state index in [1.165, 1.54) is 6.08 Å². The molecule has 12 heavy (non-hydrogen) atoms. The van der Waals surface area contributed by atoms with Gasteiger partial charge < -0.3 is 0 Å². The van der Waals surface area contributed by atoms with Crippen LogP contribution < -0.4 is 0 Å². The van der Waals surface area contributed by atoms with Gasteiger partial charge in [-0.25, -0.2) is 0 Å². The van der Waals surface area contributed by atoms with Crippen LogP contribution in [0.25, 0.3) is 0 Å². The summed E-state index contributed by atoms with van der Waals surface area (Å²) in [6.07, 6.45) is 1.30. The molecule has 0 unspecified atom stereocenters. The van der Waals surface area contributed by atoms with Crippen LogP contribution in [-0.2, 0) is 0 Å². The maximum Gasteiger partial charge on any atom is 0.210 e. The average Bonchev–Trinajstić information content (AvgIpc) is 2.48. The van der Waals surface area contributed by atoms with E-state index in [4.69, 9.17) is 0 Å². The quantitative estimate of drug-likeness (QED) is 0.594. The Balaban J connectivity index is 2.67. The number of hydrogen-bond donors (Lipinski definition) is 0. The molecular formula is C7H4N2O2S. The molecule has 0 aromatic carbocycles. The average molecular weight is 180 g/mol. The monoisotopic (exact) mass is 180 g/mol. The van der Waals surface area contributed by atoms with Crippen LogP contribution in [0.3, 0.4) is 0 Å². The van der Waals surface area contributed by atoms with E-state index in [1.807, 2.05) is 0 Å². The predicted octanol–water partition coefficient (Wildman–Crippen LogP) is 0.863. The van der Waals surface area contributed by atoms with Crippen LogP contribution in [0, 0.1) is 0 Å². The number of Topliss-reactive ketones (excluding diaryl/α,β-unsaturated/α-hetero) is 1. The predicted molar refractivity (Wildman–Crippen MR) is 42.3 cm³/mol. The van der Waals surface area contributed by atoms with E-state index < -0.39 is 0 Å². The molecule has 1 heterocycles. The Hall–Kier alpha value is -1.36. The third-order valence-electron chi connectivity index (χ3n) is 1.64. The van der Waals surface area contributed by atoms with Crippen molar-refractivity contribution in [3.8, 4) is 0 Å². The molecule has 1 aliphatic rings. The van der Waals surface area contributed by atoms with Gasteiger partial charge >= 0.3 is 0 Å². The molecule has 5 heteroatoms. The summed E-state index contributed by atoms with van der Waals surface area (Å²) in [6.45, 7) is 1.60. The van der Waals surface area contributed by atoms with Gasteiger partial charge in [0.15, 0.2) is 11.4 Å². The zero-order chi connectivity index (χ0) is 8.72. The zero-order valence-corrected chi connectivity index (χ0v) is 7.01. The molecule has 0 amide bonds. The molecule has 0 aliphatic heterocycles. The topological polar surface area (TPSA) is 59.9 Å². The first kappa shape index (κ1) is 7.30. The van der Waals surface area contributed by atoms with Gasteiger partial charge in [-0.3, -0.25) is 9.59 Å². The second-order valence-corrected chi connectivity index (χ2v) is 3.01. The number of carbonyl (C=O) groups is 2. The standard InChI is InChI=1S/C7H4N2O2S/c1-3-2-4(10)5-6(7(3)11)9-12-8-5/h2H,1H3. The molecule has 4 nitrogen and oxygen atoms in total. The molecular weight excluding hydrogens is 176 g/mol. The summed E-state index contributed by atoms with van der Waals surface area (Å²) in [6, 6.07) is 0. The van der Waals surface area contributed by atoms with Crippen molar-refractivity contribution in [2.24, 2.45) is 0 Å². The Morgan fingerprint density at radius 2 is 1.92 bits per heavy atom. The largest absolute Gasteiger partial charge is 0.287 e. The molecule has 1 aliphatic carbocycles. The maximum absolute atomic E-state index is 11.3. The van der Waals surface area contributed by atoms with Gasteiger partial charge in [-0.15, -0.1) is 0 Å². The molecule has 0 saturated carbocycles. The van der Waals surface area contributed by atoms with E-state index in [9.17, 15) is 9.59 Å². The van der Waals surface area contributed by atoms with Crippen molar-refractivity contribution in [1.29, 1.82) is 0 Å². The third kappa shape index (κ3) is 0.831. The molecule has 0 atom stereocenters. The van der Waals surface area contributed by atoms with E-state index in [-0.39, 0.29) is 23.0 Å². The van der Waals surface area contributed by atoms with E-state index in [0.29, 0.717) is 5.57 Å². The van der Waals surface area contributed by atoms with Crippen molar-refractivity contribution in [3.63, 3.8) is 0 Å². The summed E-state index contributed by atoms with van der Waals surface area (Å²) in [7, 11) is 0. The molecule has 0 spiro atoms. The van der Waals surface area contributed by atoms with Crippen molar-refractivity contribution in [3.05, 3.63) is 23.0 Å². The number of allylic oxidation sites excluding steroid dienone is 2. The van der Waals surface area contributed by atoms with E-state index in [1.54, 1.807) is 6.92 Å². The van der Waals surface area contributed by atoms with Crippen LogP contribution in [0.15, 0.2) is 11.6 Å². The highest BCUT2D eigenvalue weighted by atomic mass is 32.1. The van der Waals surface area contributed by atoms with Crippen LogP contribution in [0.4, 0.5) is 0 Å². The molecule has 1 aromatic heterocycles. The molecule has 60 valence electrons. The van der Waals surface area contributed by atoms with E-state index >= 15 is 0 Å². The lowest BCUT2D eigenvalue weighted by molar-refractivity contribution is 0.0979. The molecule has 0 N–H and O–H groups in total. The highest BCUT2D eigenvalue weighted by Gasteiger charge is 2.26. The highest BCUT2D eigenvalue weighted by Crippen LogP contribution is 2.18. The fourth-order valence-electron chi connectivity index (χ4n) is 1.02. The first-order valence-electron chi connectivity index (χ1n) is 3.30. The minimum Gasteiger partial charge on any atom is -0.287 e. The van der Waals surface area contributed by atoms with E-state index in [0.717, 1.165) is 11.7 Å². The lowest BCUT2D eigenvalue weighted by atomic mass is 9.99. The summed E-state index contributed by atoms with van der Waals surface area (Å²) < 4.78 is 7.50. The number of ketones is 2. The summed E-state index contributed by atoms with van der Waals surface area (Å²) in [5, 5.41) is 0. The maximum atomic E-state index is 11.3. The fraction of sp³-hybridized carbons (Fsp3) is 0.143. The summed E-state index contributed by atoms with van der Waals surface area (Å²) in [4.78, 5) is 22.5. The zero-order valence-electron chi connectivity index (χ0n) is 6.20. The van der Waals surface area contributed by atoms with E-state index in [2.05, 4.69) is 8.75 Å². The molecule has 1 aromatic rings. The summed E-state index contributed by atoms with van der Waals surface area (Å²) >= 11 is 0.890. The Kier molecular flexibility index (Phi) is 1.41. The Morgan fingerprint density at radius 1 is 1.25 bits per heavy atom. The summed E-state index contributed by atoms with van der Waals surface area (Å²) in [5.74, 6) is -0.422. The lowest BCUT2D eigenvalue weighted by Crippen LogP contribution is -2.15. The Morgan fingerprint density at radius 3 is 2.67 bits per heavy atom. The van der Waals surface area contributed by atoms with Gasteiger partial charge in [0.05, 0.1) is 11.7 Å². The smallest absolute Gasteiger partial charge is 0.210 e. The number of hydrogen-bond acceptors (Lipinski definition) is 5. The van der Waals surface area contributed by atoms with Crippen LogP contribution in [0.1, 0.15) is 27.9 Å².